The highest BCUT2D eigenvalue weighted by Gasteiger charge is 2.30. The van der Waals surface area contributed by atoms with Crippen molar-refractivity contribution < 1.29 is 8.42 Å². The molecular formula is C16H12BrClN4O2S. The highest BCUT2D eigenvalue weighted by molar-refractivity contribution is 9.10. The van der Waals surface area contributed by atoms with Gasteiger partial charge in [-0.15, -0.1) is 5.10 Å². The summed E-state index contributed by atoms with van der Waals surface area (Å²) in [4.78, 5) is 0.203. The first-order chi connectivity index (χ1) is 11.9. The van der Waals surface area contributed by atoms with Crippen molar-refractivity contribution in [1.29, 1.82) is 0 Å². The summed E-state index contributed by atoms with van der Waals surface area (Å²) in [5.74, 6) is 0. The van der Waals surface area contributed by atoms with Crippen LogP contribution in [0.2, 0.25) is 5.02 Å². The van der Waals surface area contributed by atoms with Gasteiger partial charge < -0.3 is 0 Å². The van der Waals surface area contributed by atoms with Crippen molar-refractivity contribution in [2.24, 2.45) is 0 Å². The van der Waals surface area contributed by atoms with Crippen LogP contribution in [-0.2, 0) is 23.1 Å². The molecule has 6 nitrogen and oxygen atoms in total. The van der Waals surface area contributed by atoms with Gasteiger partial charge in [0.05, 0.1) is 29.0 Å². The highest BCUT2D eigenvalue weighted by atomic mass is 79.9. The van der Waals surface area contributed by atoms with Gasteiger partial charge in [-0.05, 0) is 48.0 Å². The fourth-order valence-electron chi connectivity index (χ4n) is 2.81. The lowest BCUT2D eigenvalue weighted by Crippen LogP contribution is -2.29. The molecule has 1 aliphatic rings. The summed E-state index contributed by atoms with van der Waals surface area (Å²) >= 11 is 9.32. The van der Waals surface area contributed by atoms with E-state index in [-0.39, 0.29) is 18.0 Å². The second-order valence-corrected chi connectivity index (χ2v) is 8.93. The van der Waals surface area contributed by atoms with Crippen LogP contribution in [0, 0.1) is 0 Å². The van der Waals surface area contributed by atoms with Crippen LogP contribution in [0.25, 0.3) is 5.69 Å². The number of sulfonamides is 1. The number of aromatic nitrogens is 3. The van der Waals surface area contributed by atoms with Gasteiger partial charge in [0, 0.05) is 16.0 Å². The molecule has 0 spiro atoms. The maximum absolute atomic E-state index is 13.1. The monoisotopic (exact) mass is 438 g/mol. The Kier molecular flexibility index (Phi) is 4.15. The van der Waals surface area contributed by atoms with Crippen molar-refractivity contribution in [2.75, 3.05) is 0 Å². The van der Waals surface area contributed by atoms with E-state index >= 15 is 0 Å². The molecular weight excluding hydrogens is 428 g/mol. The normalized spacial score (nSPS) is 14.6. The van der Waals surface area contributed by atoms with Crippen LogP contribution in [0.1, 0.15) is 11.3 Å². The molecule has 128 valence electrons. The van der Waals surface area contributed by atoms with E-state index in [1.165, 1.54) is 16.4 Å². The number of fused-ring (bicyclic) bond motifs is 3. The lowest BCUT2D eigenvalue weighted by molar-refractivity contribution is 0.401. The van der Waals surface area contributed by atoms with Crippen LogP contribution >= 0.6 is 27.5 Å². The molecule has 0 fully saturated rings. The quantitative estimate of drug-likeness (QED) is 0.614. The van der Waals surface area contributed by atoms with Gasteiger partial charge in [-0.25, -0.2) is 13.1 Å². The van der Waals surface area contributed by atoms with Gasteiger partial charge in [0.2, 0.25) is 10.0 Å². The summed E-state index contributed by atoms with van der Waals surface area (Å²) < 4.78 is 30.2. The van der Waals surface area contributed by atoms with Crippen LogP contribution in [-0.4, -0.2) is 27.7 Å². The molecule has 0 atom stereocenters. The Balaban J connectivity index is 1.83. The lowest BCUT2D eigenvalue weighted by atomic mass is 10.2. The third-order valence-electron chi connectivity index (χ3n) is 4.03. The zero-order valence-electron chi connectivity index (χ0n) is 12.8. The van der Waals surface area contributed by atoms with Gasteiger partial charge in [-0.3, -0.25) is 0 Å². The molecule has 25 heavy (non-hydrogen) atoms. The molecule has 4 rings (SSSR count). The number of hydrogen-bond donors (Lipinski definition) is 0. The van der Waals surface area contributed by atoms with Gasteiger partial charge in [-0.2, -0.15) is 4.31 Å². The minimum Gasteiger partial charge on any atom is -0.216 e. The number of hydrogen-bond acceptors (Lipinski definition) is 4. The second kappa shape index (κ2) is 6.21. The zero-order chi connectivity index (χ0) is 17.6. The third kappa shape index (κ3) is 2.99. The number of rotatable bonds is 2. The Morgan fingerprint density at radius 3 is 2.60 bits per heavy atom. The largest absolute Gasteiger partial charge is 0.243 e. The van der Waals surface area contributed by atoms with Crippen molar-refractivity contribution in [3.8, 4) is 5.69 Å². The number of nitrogens with zero attached hydrogens (tertiary/aromatic N) is 4. The first kappa shape index (κ1) is 16.7. The fourth-order valence-corrected chi connectivity index (χ4v) is 4.73. The Labute approximate surface area is 158 Å². The molecule has 0 aliphatic carbocycles. The molecule has 9 heteroatoms. The van der Waals surface area contributed by atoms with E-state index in [0.29, 0.717) is 10.7 Å². The average Bonchev–Trinajstić information content (AvgIpc) is 2.97. The van der Waals surface area contributed by atoms with Crippen molar-refractivity contribution in [1.82, 2.24) is 19.3 Å². The van der Waals surface area contributed by atoms with E-state index in [1.807, 2.05) is 18.2 Å². The summed E-state index contributed by atoms with van der Waals surface area (Å²) in [7, 11) is -3.69. The van der Waals surface area contributed by atoms with E-state index in [1.54, 1.807) is 23.0 Å². The molecule has 0 amide bonds. The lowest BCUT2D eigenvalue weighted by Gasteiger charge is -2.20. The standard InChI is InChI=1S/C16H12BrClN4O2S/c17-12-1-6-16-11(7-12)9-21(10-14-8-19-20-22(14)16)25(23,24)15-4-2-13(18)3-5-15/h1-8H,9-10H2. The van der Waals surface area contributed by atoms with E-state index in [0.717, 1.165) is 15.7 Å². The first-order valence-electron chi connectivity index (χ1n) is 7.39. The molecule has 2 heterocycles. The maximum atomic E-state index is 13.1. The van der Waals surface area contributed by atoms with E-state index < -0.39 is 10.0 Å². The minimum absolute atomic E-state index is 0.185. The molecule has 0 saturated carbocycles. The van der Waals surface area contributed by atoms with Crippen LogP contribution in [0.5, 0.6) is 0 Å². The second-order valence-electron chi connectivity index (χ2n) is 5.64. The fraction of sp³-hybridized carbons (Fsp3) is 0.125. The first-order valence-corrected chi connectivity index (χ1v) is 10.0. The van der Waals surface area contributed by atoms with E-state index in [2.05, 4.69) is 26.2 Å². The molecule has 0 unspecified atom stereocenters. The summed E-state index contributed by atoms with van der Waals surface area (Å²) in [6, 6.07) is 11.9. The topological polar surface area (TPSA) is 68.1 Å². The molecule has 3 aromatic rings. The van der Waals surface area contributed by atoms with Crippen molar-refractivity contribution >= 4 is 37.6 Å². The van der Waals surface area contributed by atoms with Gasteiger partial charge in [0.25, 0.3) is 0 Å². The Hall–Kier alpha value is -1.74. The van der Waals surface area contributed by atoms with Gasteiger partial charge in [0.1, 0.15) is 0 Å². The van der Waals surface area contributed by atoms with E-state index in [9.17, 15) is 8.42 Å². The third-order valence-corrected chi connectivity index (χ3v) is 6.58. The van der Waals surface area contributed by atoms with Gasteiger partial charge in [0.15, 0.2) is 0 Å². The smallest absolute Gasteiger partial charge is 0.216 e. The Morgan fingerprint density at radius 1 is 1.08 bits per heavy atom. The van der Waals surface area contributed by atoms with Crippen molar-refractivity contribution in [3.63, 3.8) is 0 Å². The predicted octanol–water partition coefficient (Wildman–Crippen LogP) is 3.39. The van der Waals surface area contributed by atoms with Crippen LogP contribution < -0.4 is 0 Å². The highest BCUT2D eigenvalue weighted by Crippen LogP contribution is 2.29. The number of halogens is 2. The van der Waals surface area contributed by atoms with Crippen molar-refractivity contribution in [3.05, 3.63) is 69.4 Å². The molecule has 1 aliphatic heterocycles. The maximum Gasteiger partial charge on any atom is 0.243 e. The molecule has 0 saturated heterocycles. The predicted molar refractivity (Wildman–Crippen MR) is 96.9 cm³/mol. The van der Waals surface area contributed by atoms with Crippen LogP contribution in [0.4, 0.5) is 0 Å². The Bertz CT molecular complexity index is 1050. The zero-order valence-corrected chi connectivity index (χ0v) is 16.0. The number of benzene rings is 2. The molecule has 0 bridgehead atoms. The molecule has 0 radical (unpaired) electrons. The van der Waals surface area contributed by atoms with Gasteiger partial charge in [-0.1, -0.05) is 32.7 Å². The summed E-state index contributed by atoms with van der Waals surface area (Å²) in [5, 5.41) is 8.52. The SMILES string of the molecule is O=S(=O)(c1ccc(Cl)cc1)N1Cc2cc(Br)ccc2-n2nncc2C1. The average molecular weight is 440 g/mol. The van der Waals surface area contributed by atoms with Crippen LogP contribution in [0.15, 0.2) is 58.0 Å². The molecule has 1 aromatic heterocycles. The van der Waals surface area contributed by atoms with Crippen molar-refractivity contribution in [2.45, 2.75) is 18.0 Å². The molecule has 0 N–H and O–H groups in total. The molecule has 2 aromatic carbocycles. The van der Waals surface area contributed by atoms with Gasteiger partial charge >= 0.3 is 0 Å². The van der Waals surface area contributed by atoms with Crippen LogP contribution in [0.3, 0.4) is 0 Å². The summed E-state index contributed by atoms with van der Waals surface area (Å²) in [5.41, 5.74) is 2.37. The van der Waals surface area contributed by atoms with E-state index in [4.69, 9.17) is 11.6 Å². The minimum atomic E-state index is -3.69. The Morgan fingerprint density at radius 2 is 1.84 bits per heavy atom. The summed E-state index contributed by atoms with van der Waals surface area (Å²) in [6.07, 6.45) is 1.58. The summed E-state index contributed by atoms with van der Waals surface area (Å²) in [6.45, 7) is 0.424.